The molecule has 3 nitrogen and oxygen atoms in total. The van der Waals surface area contributed by atoms with Crippen molar-refractivity contribution in [3.63, 3.8) is 0 Å². The second kappa shape index (κ2) is 5.56. The van der Waals surface area contributed by atoms with Gasteiger partial charge in [-0.3, -0.25) is 4.79 Å². The lowest BCUT2D eigenvalue weighted by Crippen LogP contribution is -2.28. The molecule has 0 fully saturated rings. The second-order valence-corrected chi connectivity index (χ2v) is 5.34. The summed E-state index contributed by atoms with van der Waals surface area (Å²) >= 11 is 9.02. The molecular formula is C10H13BrClNO2. The number of rotatable bonds is 4. The lowest BCUT2D eigenvalue weighted by molar-refractivity contribution is 0.0762. The highest BCUT2D eigenvalue weighted by Gasteiger charge is 2.15. The average molecular weight is 295 g/mol. The van der Waals surface area contributed by atoms with Gasteiger partial charge in [-0.2, -0.15) is 0 Å². The molecule has 0 saturated carbocycles. The van der Waals surface area contributed by atoms with Gasteiger partial charge in [0.05, 0.1) is 0 Å². The standard InChI is InChI=1S/C10H13BrClNO2/c1-7(11)5-6-13(2)10(14)8-3-4-9(12)15-8/h3-4,7H,5-6H2,1-2H3. The highest BCUT2D eigenvalue weighted by atomic mass is 79.9. The van der Waals surface area contributed by atoms with Crippen LogP contribution >= 0.6 is 27.5 Å². The van der Waals surface area contributed by atoms with Gasteiger partial charge in [0.2, 0.25) is 0 Å². The molecule has 0 aliphatic carbocycles. The van der Waals surface area contributed by atoms with Gasteiger partial charge in [0.25, 0.3) is 5.91 Å². The normalized spacial score (nSPS) is 12.5. The van der Waals surface area contributed by atoms with Crippen LogP contribution in [0.25, 0.3) is 0 Å². The fourth-order valence-electron chi connectivity index (χ4n) is 1.09. The Kier molecular flexibility index (Phi) is 4.67. The van der Waals surface area contributed by atoms with Crippen LogP contribution in [0.15, 0.2) is 16.5 Å². The molecule has 0 spiro atoms. The van der Waals surface area contributed by atoms with Crippen molar-refractivity contribution >= 4 is 33.4 Å². The minimum Gasteiger partial charge on any atom is -0.440 e. The monoisotopic (exact) mass is 293 g/mol. The third-order valence-electron chi connectivity index (χ3n) is 1.99. The van der Waals surface area contributed by atoms with Crippen molar-refractivity contribution < 1.29 is 9.21 Å². The number of halogens is 2. The number of carbonyl (C=O) groups excluding carboxylic acids is 1. The molecule has 84 valence electrons. The maximum absolute atomic E-state index is 11.7. The molecule has 0 bridgehead atoms. The molecule has 0 N–H and O–H groups in total. The molecule has 1 aromatic heterocycles. The molecule has 1 atom stereocenters. The number of amides is 1. The molecule has 1 rings (SSSR count). The first-order valence-electron chi connectivity index (χ1n) is 4.65. The van der Waals surface area contributed by atoms with E-state index in [4.69, 9.17) is 16.0 Å². The van der Waals surface area contributed by atoms with E-state index in [-0.39, 0.29) is 16.9 Å². The van der Waals surface area contributed by atoms with Crippen LogP contribution in [0.5, 0.6) is 0 Å². The lowest BCUT2D eigenvalue weighted by Gasteiger charge is -2.16. The first-order chi connectivity index (χ1) is 7.00. The average Bonchev–Trinajstić information content (AvgIpc) is 2.60. The number of hydrogen-bond acceptors (Lipinski definition) is 2. The molecule has 1 unspecified atom stereocenters. The molecule has 15 heavy (non-hydrogen) atoms. The molecule has 0 radical (unpaired) electrons. The van der Waals surface area contributed by atoms with Crippen LogP contribution in [0.4, 0.5) is 0 Å². The summed E-state index contributed by atoms with van der Waals surface area (Å²) in [6, 6.07) is 3.15. The van der Waals surface area contributed by atoms with E-state index in [1.165, 1.54) is 0 Å². The maximum atomic E-state index is 11.7. The van der Waals surface area contributed by atoms with Gasteiger partial charge < -0.3 is 9.32 Å². The summed E-state index contributed by atoms with van der Waals surface area (Å²) in [5.41, 5.74) is 0. The highest BCUT2D eigenvalue weighted by Crippen LogP contribution is 2.15. The van der Waals surface area contributed by atoms with Crippen LogP contribution in [-0.4, -0.2) is 29.2 Å². The summed E-state index contributed by atoms with van der Waals surface area (Å²) in [6.07, 6.45) is 0.899. The number of carbonyl (C=O) groups is 1. The van der Waals surface area contributed by atoms with Crippen molar-refractivity contribution in [3.8, 4) is 0 Å². The predicted octanol–water partition coefficient (Wildman–Crippen LogP) is 3.18. The molecule has 0 aliphatic heterocycles. The minimum atomic E-state index is -0.143. The van der Waals surface area contributed by atoms with Crippen molar-refractivity contribution in [2.24, 2.45) is 0 Å². The van der Waals surface area contributed by atoms with Crippen LogP contribution < -0.4 is 0 Å². The van der Waals surface area contributed by atoms with E-state index in [9.17, 15) is 4.79 Å². The van der Waals surface area contributed by atoms with Gasteiger partial charge >= 0.3 is 0 Å². The third-order valence-corrected chi connectivity index (χ3v) is 2.65. The summed E-state index contributed by atoms with van der Waals surface area (Å²) in [6.45, 7) is 2.73. The Hall–Kier alpha value is -0.480. The molecule has 1 aromatic rings. The Morgan fingerprint density at radius 3 is 2.80 bits per heavy atom. The van der Waals surface area contributed by atoms with E-state index in [0.717, 1.165) is 6.42 Å². The van der Waals surface area contributed by atoms with E-state index >= 15 is 0 Å². The van der Waals surface area contributed by atoms with Crippen molar-refractivity contribution in [1.82, 2.24) is 4.90 Å². The van der Waals surface area contributed by atoms with Crippen molar-refractivity contribution in [2.75, 3.05) is 13.6 Å². The van der Waals surface area contributed by atoms with Gasteiger partial charge in [-0.15, -0.1) is 0 Å². The zero-order valence-corrected chi connectivity index (χ0v) is 11.0. The van der Waals surface area contributed by atoms with E-state index in [1.807, 2.05) is 6.92 Å². The van der Waals surface area contributed by atoms with Crippen molar-refractivity contribution in [1.29, 1.82) is 0 Å². The van der Waals surface area contributed by atoms with Gasteiger partial charge in [0.1, 0.15) is 0 Å². The topological polar surface area (TPSA) is 33.5 Å². The summed E-state index contributed by atoms with van der Waals surface area (Å²) in [5, 5.41) is 0.237. The summed E-state index contributed by atoms with van der Waals surface area (Å²) in [5.74, 6) is 0.139. The number of nitrogens with zero attached hydrogens (tertiary/aromatic N) is 1. The molecule has 1 heterocycles. The zero-order valence-electron chi connectivity index (χ0n) is 8.67. The van der Waals surface area contributed by atoms with Gasteiger partial charge in [0, 0.05) is 18.4 Å². The molecular weight excluding hydrogens is 281 g/mol. The van der Waals surface area contributed by atoms with Crippen LogP contribution in [0, 0.1) is 0 Å². The molecule has 0 aliphatic rings. The van der Waals surface area contributed by atoms with Crippen LogP contribution in [0.1, 0.15) is 23.9 Å². The van der Waals surface area contributed by atoms with Crippen molar-refractivity contribution in [3.05, 3.63) is 23.1 Å². The summed E-state index contributed by atoms with van der Waals surface area (Å²) in [4.78, 5) is 13.7. The van der Waals surface area contributed by atoms with Crippen molar-refractivity contribution in [2.45, 2.75) is 18.2 Å². The fourth-order valence-corrected chi connectivity index (χ4v) is 1.44. The quantitative estimate of drug-likeness (QED) is 0.799. The SMILES string of the molecule is CC(Br)CCN(C)C(=O)c1ccc(Cl)o1. The maximum Gasteiger partial charge on any atom is 0.289 e. The van der Waals surface area contributed by atoms with E-state index in [0.29, 0.717) is 11.4 Å². The number of furan rings is 1. The highest BCUT2D eigenvalue weighted by molar-refractivity contribution is 9.09. The Morgan fingerprint density at radius 2 is 2.33 bits per heavy atom. The Bertz CT molecular complexity index is 338. The lowest BCUT2D eigenvalue weighted by atomic mass is 10.3. The van der Waals surface area contributed by atoms with Gasteiger partial charge in [-0.1, -0.05) is 22.9 Å². The third kappa shape index (κ3) is 3.87. The van der Waals surface area contributed by atoms with Crippen LogP contribution in [0.2, 0.25) is 5.22 Å². The largest absolute Gasteiger partial charge is 0.440 e. The van der Waals surface area contributed by atoms with Crippen LogP contribution in [0.3, 0.4) is 0 Å². The molecule has 1 amide bonds. The summed E-state index contributed by atoms with van der Waals surface area (Å²) < 4.78 is 5.04. The second-order valence-electron chi connectivity index (χ2n) is 3.40. The number of alkyl halides is 1. The Labute approximate surface area is 103 Å². The predicted molar refractivity (Wildman–Crippen MR) is 63.7 cm³/mol. The molecule has 0 saturated heterocycles. The van der Waals surface area contributed by atoms with E-state index in [1.54, 1.807) is 24.1 Å². The summed E-state index contributed by atoms with van der Waals surface area (Å²) in [7, 11) is 1.74. The first-order valence-corrected chi connectivity index (χ1v) is 5.95. The van der Waals surface area contributed by atoms with Gasteiger partial charge in [0.15, 0.2) is 11.0 Å². The van der Waals surface area contributed by atoms with E-state index < -0.39 is 0 Å². The zero-order chi connectivity index (χ0) is 11.4. The first kappa shape index (κ1) is 12.6. The molecule has 5 heteroatoms. The van der Waals surface area contributed by atoms with Gasteiger partial charge in [-0.05, 0) is 30.2 Å². The smallest absolute Gasteiger partial charge is 0.289 e. The number of hydrogen-bond donors (Lipinski definition) is 0. The van der Waals surface area contributed by atoms with E-state index in [2.05, 4.69) is 15.9 Å². The van der Waals surface area contributed by atoms with Crippen LogP contribution in [-0.2, 0) is 0 Å². The minimum absolute atomic E-state index is 0.143. The fraction of sp³-hybridized carbons (Fsp3) is 0.500. The molecule has 0 aromatic carbocycles. The Morgan fingerprint density at radius 1 is 1.67 bits per heavy atom. The van der Waals surface area contributed by atoms with Gasteiger partial charge in [-0.25, -0.2) is 0 Å². The Balaban J connectivity index is 2.53.